The molecular formula is C10H14N4S. The van der Waals surface area contributed by atoms with Gasteiger partial charge in [-0.05, 0) is 27.0 Å². The standard InChI is InChI=1S/C10H14N4S/c1-8-4-5-13-9(14-8)15-7-10(2,6-11)12-3/h4-5,12H,7H2,1-3H3. The maximum atomic E-state index is 8.95. The van der Waals surface area contributed by atoms with E-state index in [2.05, 4.69) is 21.4 Å². The Bertz CT molecular complexity index is 374. The molecule has 80 valence electrons. The Hall–Kier alpha value is -1.12. The van der Waals surface area contributed by atoms with Gasteiger partial charge in [0.05, 0.1) is 6.07 Å². The Kier molecular flexibility index (Phi) is 4.06. The second-order valence-electron chi connectivity index (χ2n) is 3.46. The number of aromatic nitrogens is 2. The smallest absolute Gasteiger partial charge is 0.187 e. The molecule has 1 unspecified atom stereocenters. The summed E-state index contributed by atoms with van der Waals surface area (Å²) >= 11 is 1.48. The van der Waals surface area contributed by atoms with E-state index in [0.717, 1.165) is 5.69 Å². The number of aryl methyl sites for hydroxylation is 1. The third kappa shape index (κ3) is 3.50. The van der Waals surface area contributed by atoms with Crippen LogP contribution in [-0.2, 0) is 0 Å². The van der Waals surface area contributed by atoms with Crippen molar-refractivity contribution in [3.05, 3.63) is 18.0 Å². The summed E-state index contributed by atoms with van der Waals surface area (Å²) in [5.41, 5.74) is 0.410. The second-order valence-corrected chi connectivity index (χ2v) is 4.41. The minimum absolute atomic E-state index is 0.530. The van der Waals surface area contributed by atoms with E-state index in [4.69, 9.17) is 5.26 Å². The number of nitrogens with zero attached hydrogens (tertiary/aromatic N) is 3. The van der Waals surface area contributed by atoms with Crippen LogP contribution in [0.4, 0.5) is 0 Å². The molecule has 0 saturated carbocycles. The predicted octanol–water partition coefficient (Wildman–Crippen LogP) is 1.38. The minimum Gasteiger partial charge on any atom is -0.302 e. The van der Waals surface area contributed by atoms with E-state index in [1.165, 1.54) is 11.8 Å². The first-order valence-corrected chi connectivity index (χ1v) is 5.61. The van der Waals surface area contributed by atoms with Gasteiger partial charge >= 0.3 is 0 Å². The average Bonchev–Trinajstić information content (AvgIpc) is 2.26. The maximum Gasteiger partial charge on any atom is 0.187 e. The third-order valence-corrected chi connectivity index (χ3v) is 3.24. The first kappa shape index (κ1) is 12.0. The van der Waals surface area contributed by atoms with Gasteiger partial charge in [-0.2, -0.15) is 5.26 Å². The Labute approximate surface area is 94.1 Å². The molecule has 0 radical (unpaired) electrons. The molecule has 0 spiro atoms. The summed E-state index contributed by atoms with van der Waals surface area (Å²) in [4.78, 5) is 8.39. The number of hydrogen-bond acceptors (Lipinski definition) is 5. The lowest BCUT2D eigenvalue weighted by molar-refractivity contribution is 0.550. The molecule has 0 aromatic carbocycles. The van der Waals surface area contributed by atoms with Crippen molar-refractivity contribution < 1.29 is 0 Å². The molecule has 1 N–H and O–H groups in total. The summed E-state index contributed by atoms with van der Waals surface area (Å²) in [6.45, 7) is 3.78. The van der Waals surface area contributed by atoms with Crippen molar-refractivity contribution in [2.24, 2.45) is 0 Å². The van der Waals surface area contributed by atoms with Gasteiger partial charge in [0.25, 0.3) is 0 Å². The SMILES string of the molecule is CNC(C)(C#N)CSc1nccc(C)n1. The first-order valence-electron chi connectivity index (χ1n) is 4.62. The van der Waals surface area contributed by atoms with Gasteiger partial charge in [-0.3, -0.25) is 0 Å². The van der Waals surface area contributed by atoms with Gasteiger partial charge in [-0.15, -0.1) is 0 Å². The number of nitrogens with one attached hydrogen (secondary N) is 1. The molecule has 1 aromatic heterocycles. The van der Waals surface area contributed by atoms with E-state index in [1.54, 1.807) is 13.2 Å². The monoisotopic (exact) mass is 222 g/mol. The number of hydrogen-bond donors (Lipinski definition) is 1. The van der Waals surface area contributed by atoms with Crippen molar-refractivity contribution in [1.82, 2.24) is 15.3 Å². The largest absolute Gasteiger partial charge is 0.302 e. The fraction of sp³-hybridized carbons (Fsp3) is 0.500. The molecule has 4 nitrogen and oxygen atoms in total. The van der Waals surface area contributed by atoms with Crippen LogP contribution in [0.25, 0.3) is 0 Å². The number of rotatable bonds is 4. The Morgan fingerprint density at radius 2 is 2.40 bits per heavy atom. The molecule has 15 heavy (non-hydrogen) atoms. The van der Waals surface area contributed by atoms with Crippen LogP contribution in [0.3, 0.4) is 0 Å². The molecule has 0 saturated heterocycles. The lowest BCUT2D eigenvalue weighted by atomic mass is 10.1. The molecular weight excluding hydrogens is 208 g/mol. The molecule has 1 aromatic rings. The van der Waals surface area contributed by atoms with Crippen LogP contribution in [-0.4, -0.2) is 28.3 Å². The summed E-state index contributed by atoms with van der Waals surface area (Å²) in [6.07, 6.45) is 1.73. The summed E-state index contributed by atoms with van der Waals surface area (Å²) < 4.78 is 0. The molecule has 5 heteroatoms. The highest BCUT2D eigenvalue weighted by Gasteiger charge is 2.21. The third-order valence-electron chi connectivity index (χ3n) is 2.06. The molecule has 0 aliphatic carbocycles. The van der Waals surface area contributed by atoms with Crippen molar-refractivity contribution in [3.63, 3.8) is 0 Å². The van der Waals surface area contributed by atoms with Gasteiger partial charge in [-0.1, -0.05) is 11.8 Å². The Balaban J connectivity index is 2.61. The summed E-state index contributed by atoms with van der Waals surface area (Å²) in [7, 11) is 1.78. The van der Waals surface area contributed by atoms with Gasteiger partial charge < -0.3 is 5.32 Å². The van der Waals surface area contributed by atoms with Crippen LogP contribution in [0.5, 0.6) is 0 Å². The van der Waals surface area contributed by atoms with Gasteiger partial charge in [0, 0.05) is 17.6 Å². The number of thioether (sulfide) groups is 1. The molecule has 0 fully saturated rings. The molecule has 0 bridgehead atoms. The zero-order chi connectivity index (χ0) is 11.3. The second kappa shape index (κ2) is 5.10. The summed E-state index contributed by atoms with van der Waals surface area (Å²) in [5.74, 6) is 0.628. The molecule has 0 aliphatic rings. The molecule has 1 atom stereocenters. The van der Waals surface area contributed by atoms with Crippen molar-refractivity contribution in [2.75, 3.05) is 12.8 Å². The normalized spacial score (nSPS) is 14.3. The average molecular weight is 222 g/mol. The van der Waals surface area contributed by atoms with Crippen molar-refractivity contribution in [2.45, 2.75) is 24.5 Å². The lowest BCUT2D eigenvalue weighted by Crippen LogP contribution is -2.40. The van der Waals surface area contributed by atoms with E-state index >= 15 is 0 Å². The van der Waals surface area contributed by atoms with Gasteiger partial charge in [0.1, 0.15) is 5.54 Å². The molecule has 1 rings (SSSR count). The van der Waals surface area contributed by atoms with Crippen LogP contribution in [0.15, 0.2) is 17.4 Å². The fourth-order valence-corrected chi connectivity index (χ4v) is 1.84. The van der Waals surface area contributed by atoms with Gasteiger partial charge in [0.2, 0.25) is 0 Å². The Morgan fingerprint density at radius 1 is 1.67 bits per heavy atom. The molecule has 1 heterocycles. The van der Waals surface area contributed by atoms with Gasteiger partial charge in [0.15, 0.2) is 5.16 Å². The highest BCUT2D eigenvalue weighted by atomic mass is 32.2. The van der Waals surface area contributed by atoms with E-state index in [1.807, 2.05) is 19.9 Å². The van der Waals surface area contributed by atoms with E-state index in [0.29, 0.717) is 10.9 Å². The van der Waals surface area contributed by atoms with Crippen molar-refractivity contribution in [3.8, 4) is 6.07 Å². The zero-order valence-electron chi connectivity index (χ0n) is 9.11. The van der Waals surface area contributed by atoms with Crippen molar-refractivity contribution >= 4 is 11.8 Å². The maximum absolute atomic E-state index is 8.95. The highest BCUT2D eigenvalue weighted by Crippen LogP contribution is 2.18. The lowest BCUT2D eigenvalue weighted by Gasteiger charge is -2.19. The topological polar surface area (TPSA) is 61.6 Å². The van der Waals surface area contributed by atoms with Crippen LogP contribution in [0, 0.1) is 18.3 Å². The van der Waals surface area contributed by atoms with E-state index in [9.17, 15) is 0 Å². The molecule has 0 amide bonds. The summed E-state index contributed by atoms with van der Waals surface area (Å²) in [6, 6.07) is 4.08. The quantitative estimate of drug-likeness (QED) is 0.616. The minimum atomic E-state index is -0.530. The van der Waals surface area contributed by atoms with Crippen molar-refractivity contribution in [1.29, 1.82) is 5.26 Å². The van der Waals surface area contributed by atoms with Gasteiger partial charge in [-0.25, -0.2) is 9.97 Å². The van der Waals surface area contributed by atoms with E-state index < -0.39 is 5.54 Å². The fourth-order valence-electron chi connectivity index (χ4n) is 0.865. The first-order chi connectivity index (χ1) is 7.09. The molecule has 0 aliphatic heterocycles. The Morgan fingerprint density at radius 3 is 2.93 bits per heavy atom. The van der Waals surface area contributed by atoms with E-state index in [-0.39, 0.29) is 0 Å². The zero-order valence-corrected chi connectivity index (χ0v) is 9.93. The van der Waals surface area contributed by atoms with Crippen LogP contribution >= 0.6 is 11.8 Å². The highest BCUT2D eigenvalue weighted by molar-refractivity contribution is 7.99. The predicted molar refractivity (Wildman–Crippen MR) is 60.6 cm³/mol. The van der Waals surface area contributed by atoms with Crippen LogP contribution < -0.4 is 5.32 Å². The van der Waals surface area contributed by atoms with Crippen LogP contribution in [0.1, 0.15) is 12.6 Å². The van der Waals surface area contributed by atoms with Crippen LogP contribution in [0.2, 0.25) is 0 Å². The number of nitriles is 1. The summed E-state index contributed by atoms with van der Waals surface area (Å²) in [5, 5.41) is 12.6.